The van der Waals surface area contributed by atoms with Gasteiger partial charge in [0.25, 0.3) is 0 Å². The minimum Gasteiger partial charge on any atom is -0.464 e. The summed E-state index contributed by atoms with van der Waals surface area (Å²) in [6.07, 6.45) is 0. The van der Waals surface area contributed by atoms with Crippen molar-refractivity contribution in [2.24, 2.45) is 0 Å². The number of ether oxygens (including phenoxy) is 4. The van der Waals surface area contributed by atoms with Crippen LogP contribution in [0, 0.1) is 0 Å². The summed E-state index contributed by atoms with van der Waals surface area (Å²) in [6.45, 7) is 0.139. The van der Waals surface area contributed by atoms with E-state index < -0.39 is 6.03 Å². The maximum atomic E-state index is 11.7. The maximum absolute atomic E-state index is 11.7. The summed E-state index contributed by atoms with van der Waals surface area (Å²) in [4.78, 5) is 16.5. The Labute approximate surface area is 123 Å². The predicted molar refractivity (Wildman–Crippen MR) is 75.2 cm³/mol. The number of anilines is 1. The number of carbonyl (C=O) groups is 1. The summed E-state index contributed by atoms with van der Waals surface area (Å²) in [7, 11) is 5.92. The number of amides is 2. The first-order valence-electron chi connectivity index (χ1n) is 6.08. The smallest absolute Gasteiger partial charge is 0.345 e. The fraction of sp³-hybridized carbons (Fsp3) is 0.462. The van der Waals surface area contributed by atoms with Gasteiger partial charge in [0.2, 0.25) is 0 Å². The summed E-state index contributed by atoms with van der Waals surface area (Å²) in [6, 6.07) is 4.53. The summed E-state index contributed by atoms with van der Waals surface area (Å²) in [5, 5.41) is 3.71. The van der Waals surface area contributed by atoms with Crippen LogP contribution in [0.15, 0.2) is 18.2 Å². The SMILES string of the molecule is COCOc1ccc(NC(=O)N(C)OC)cc1OCOC. The Balaban J connectivity index is 2.84. The van der Waals surface area contributed by atoms with Crippen LogP contribution in [-0.4, -0.2) is 53.1 Å². The third-order valence-corrected chi connectivity index (χ3v) is 2.42. The van der Waals surface area contributed by atoms with Gasteiger partial charge in [-0.05, 0) is 12.1 Å². The highest BCUT2D eigenvalue weighted by atomic mass is 16.7. The molecule has 0 bridgehead atoms. The van der Waals surface area contributed by atoms with Crippen LogP contribution >= 0.6 is 0 Å². The lowest BCUT2D eigenvalue weighted by Gasteiger charge is -2.16. The molecule has 0 aromatic heterocycles. The number of nitrogens with one attached hydrogen (secondary N) is 1. The van der Waals surface area contributed by atoms with Crippen molar-refractivity contribution in [3.8, 4) is 11.5 Å². The van der Waals surface area contributed by atoms with E-state index in [9.17, 15) is 4.79 Å². The normalized spacial score (nSPS) is 10.1. The van der Waals surface area contributed by atoms with Gasteiger partial charge in [0, 0.05) is 33.0 Å². The van der Waals surface area contributed by atoms with Gasteiger partial charge in [-0.15, -0.1) is 0 Å². The molecular weight excluding hydrogens is 280 g/mol. The van der Waals surface area contributed by atoms with Crippen molar-refractivity contribution in [2.45, 2.75) is 0 Å². The Hall–Kier alpha value is -2.03. The van der Waals surface area contributed by atoms with E-state index in [-0.39, 0.29) is 13.6 Å². The Morgan fingerprint density at radius 3 is 2.29 bits per heavy atom. The largest absolute Gasteiger partial charge is 0.464 e. The molecule has 8 heteroatoms. The molecule has 0 aliphatic heterocycles. The number of nitrogens with zero attached hydrogens (tertiary/aromatic N) is 1. The van der Waals surface area contributed by atoms with Gasteiger partial charge in [-0.1, -0.05) is 0 Å². The van der Waals surface area contributed by atoms with E-state index >= 15 is 0 Å². The molecule has 0 atom stereocenters. The molecule has 0 unspecified atom stereocenters. The lowest BCUT2D eigenvalue weighted by molar-refractivity contribution is -0.0598. The van der Waals surface area contributed by atoms with E-state index in [1.54, 1.807) is 18.2 Å². The zero-order valence-corrected chi connectivity index (χ0v) is 12.5. The van der Waals surface area contributed by atoms with Gasteiger partial charge in [-0.3, -0.25) is 4.84 Å². The molecule has 0 heterocycles. The third kappa shape index (κ3) is 5.46. The minimum atomic E-state index is -0.416. The van der Waals surface area contributed by atoms with Crippen molar-refractivity contribution in [2.75, 3.05) is 47.3 Å². The van der Waals surface area contributed by atoms with Crippen molar-refractivity contribution in [3.05, 3.63) is 18.2 Å². The van der Waals surface area contributed by atoms with Gasteiger partial charge in [0.1, 0.15) is 0 Å². The average Bonchev–Trinajstić information content (AvgIpc) is 2.50. The topological polar surface area (TPSA) is 78.5 Å². The third-order valence-electron chi connectivity index (χ3n) is 2.42. The molecule has 1 N–H and O–H groups in total. The predicted octanol–water partition coefficient (Wildman–Crippen LogP) is 1.68. The van der Waals surface area contributed by atoms with Crippen molar-refractivity contribution >= 4 is 11.7 Å². The monoisotopic (exact) mass is 300 g/mol. The van der Waals surface area contributed by atoms with Crippen molar-refractivity contribution in [1.29, 1.82) is 0 Å². The van der Waals surface area contributed by atoms with E-state index in [4.69, 9.17) is 23.8 Å². The number of hydrogen-bond acceptors (Lipinski definition) is 6. The fourth-order valence-electron chi connectivity index (χ4n) is 1.35. The number of urea groups is 1. The standard InChI is InChI=1S/C13H20N2O6/c1-15(19-4)13(16)14-10-5-6-11(20-8-17-2)12(7-10)21-9-18-3/h5-7H,8-9H2,1-4H3,(H,14,16). The first kappa shape index (κ1) is 17.0. The lowest BCUT2D eigenvalue weighted by atomic mass is 10.3. The molecule has 0 saturated carbocycles. The van der Waals surface area contributed by atoms with Crippen LogP contribution in [0.5, 0.6) is 11.5 Å². The fourth-order valence-corrected chi connectivity index (χ4v) is 1.35. The van der Waals surface area contributed by atoms with Gasteiger partial charge in [-0.2, -0.15) is 0 Å². The number of methoxy groups -OCH3 is 2. The Morgan fingerprint density at radius 1 is 1.10 bits per heavy atom. The highest BCUT2D eigenvalue weighted by Crippen LogP contribution is 2.30. The second-order valence-corrected chi connectivity index (χ2v) is 3.87. The Kier molecular flexibility index (Phi) is 7.30. The number of benzene rings is 1. The maximum Gasteiger partial charge on any atom is 0.345 e. The van der Waals surface area contributed by atoms with Crippen LogP contribution in [0.2, 0.25) is 0 Å². The van der Waals surface area contributed by atoms with E-state index in [1.807, 2.05) is 0 Å². The first-order chi connectivity index (χ1) is 10.1. The van der Waals surface area contributed by atoms with E-state index in [0.29, 0.717) is 17.2 Å². The second-order valence-electron chi connectivity index (χ2n) is 3.87. The molecule has 0 fully saturated rings. The number of hydroxylamine groups is 2. The molecule has 8 nitrogen and oxygen atoms in total. The number of hydrogen-bond donors (Lipinski definition) is 1. The van der Waals surface area contributed by atoms with Crippen LogP contribution in [0.25, 0.3) is 0 Å². The summed E-state index contributed by atoms with van der Waals surface area (Å²) >= 11 is 0. The minimum absolute atomic E-state index is 0.0543. The zero-order valence-electron chi connectivity index (χ0n) is 12.5. The van der Waals surface area contributed by atoms with Gasteiger partial charge in [0.15, 0.2) is 25.1 Å². The highest BCUT2D eigenvalue weighted by Gasteiger charge is 2.11. The van der Waals surface area contributed by atoms with E-state index in [1.165, 1.54) is 28.4 Å². The molecule has 0 aliphatic carbocycles. The van der Waals surface area contributed by atoms with Crippen molar-refractivity contribution < 1.29 is 28.6 Å². The Morgan fingerprint density at radius 2 is 1.71 bits per heavy atom. The Bertz CT molecular complexity index is 454. The van der Waals surface area contributed by atoms with Gasteiger partial charge in [0.05, 0.1) is 7.11 Å². The summed E-state index contributed by atoms with van der Waals surface area (Å²) in [5.41, 5.74) is 0.528. The molecule has 0 aliphatic rings. The molecule has 118 valence electrons. The number of carbonyl (C=O) groups excluding carboxylic acids is 1. The second kappa shape index (κ2) is 9.01. The molecule has 0 spiro atoms. The quantitative estimate of drug-likeness (QED) is 0.581. The van der Waals surface area contributed by atoms with Crippen molar-refractivity contribution in [3.63, 3.8) is 0 Å². The summed E-state index contributed by atoms with van der Waals surface area (Å²) < 4.78 is 20.5. The first-order valence-corrected chi connectivity index (χ1v) is 6.08. The molecule has 0 radical (unpaired) electrons. The van der Waals surface area contributed by atoms with Crippen LogP contribution in [0.1, 0.15) is 0 Å². The molecular formula is C13H20N2O6. The number of rotatable bonds is 8. The van der Waals surface area contributed by atoms with Crippen LogP contribution in [-0.2, 0) is 14.3 Å². The van der Waals surface area contributed by atoms with Gasteiger partial charge >= 0.3 is 6.03 Å². The summed E-state index contributed by atoms with van der Waals surface area (Å²) in [5.74, 6) is 0.902. The van der Waals surface area contributed by atoms with E-state index in [2.05, 4.69) is 5.32 Å². The average molecular weight is 300 g/mol. The van der Waals surface area contributed by atoms with Crippen LogP contribution in [0.3, 0.4) is 0 Å². The molecule has 21 heavy (non-hydrogen) atoms. The zero-order chi connectivity index (χ0) is 15.7. The highest BCUT2D eigenvalue weighted by molar-refractivity contribution is 5.88. The molecule has 1 aromatic carbocycles. The van der Waals surface area contributed by atoms with E-state index in [0.717, 1.165) is 5.06 Å². The van der Waals surface area contributed by atoms with Gasteiger partial charge < -0.3 is 24.3 Å². The lowest BCUT2D eigenvalue weighted by Crippen LogP contribution is -2.30. The molecule has 0 saturated heterocycles. The van der Waals surface area contributed by atoms with Crippen LogP contribution < -0.4 is 14.8 Å². The molecule has 1 rings (SSSR count). The molecule has 1 aromatic rings. The van der Waals surface area contributed by atoms with Crippen molar-refractivity contribution in [1.82, 2.24) is 5.06 Å². The molecule has 2 amide bonds. The van der Waals surface area contributed by atoms with Crippen LogP contribution in [0.4, 0.5) is 10.5 Å². The van der Waals surface area contributed by atoms with Gasteiger partial charge in [-0.25, -0.2) is 9.86 Å².